The highest BCUT2D eigenvalue weighted by Gasteiger charge is 2.47. The summed E-state index contributed by atoms with van der Waals surface area (Å²) in [5.41, 5.74) is -1.94. The lowest BCUT2D eigenvalue weighted by Gasteiger charge is -2.39. The van der Waals surface area contributed by atoms with Crippen molar-refractivity contribution >= 4 is 0 Å². The third-order valence-electron chi connectivity index (χ3n) is 7.31. The van der Waals surface area contributed by atoms with Crippen LogP contribution in [-0.2, 0) is 15.6 Å². The highest BCUT2D eigenvalue weighted by molar-refractivity contribution is 5.36. The van der Waals surface area contributed by atoms with E-state index in [1.807, 2.05) is 0 Å². The van der Waals surface area contributed by atoms with Gasteiger partial charge in [0.25, 0.3) is 0 Å². The minimum Gasteiger partial charge on any atom is -0.456 e. The molecule has 4 rings (SSSR count). The van der Waals surface area contributed by atoms with Crippen LogP contribution in [0.1, 0.15) is 51.0 Å². The molecule has 14 heteroatoms. The summed E-state index contributed by atoms with van der Waals surface area (Å²) in [5.74, 6) is -9.17. The van der Waals surface area contributed by atoms with Crippen LogP contribution in [-0.4, -0.2) is 25.6 Å². The first-order valence-electron chi connectivity index (χ1n) is 13.6. The third-order valence-corrected chi connectivity index (χ3v) is 7.31. The molecule has 1 heterocycles. The van der Waals surface area contributed by atoms with E-state index in [1.54, 1.807) is 0 Å². The predicted molar refractivity (Wildman–Crippen MR) is 133 cm³/mol. The fourth-order valence-corrected chi connectivity index (χ4v) is 5.21. The molecule has 1 saturated heterocycles. The number of hydrogen-bond donors (Lipinski definition) is 0. The van der Waals surface area contributed by atoms with Crippen molar-refractivity contribution in [3.05, 3.63) is 65.7 Å². The van der Waals surface area contributed by atoms with Gasteiger partial charge in [0.15, 0.2) is 24.1 Å². The maximum absolute atomic E-state index is 15.0. The first kappa shape index (κ1) is 32.8. The fourth-order valence-electron chi connectivity index (χ4n) is 5.21. The van der Waals surface area contributed by atoms with Crippen molar-refractivity contribution in [2.45, 2.75) is 64.0 Å². The van der Waals surface area contributed by atoms with Gasteiger partial charge in [0.05, 0.1) is 19.1 Å². The topological polar surface area (TPSA) is 46.2 Å². The zero-order valence-electron chi connectivity index (χ0n) is 22.9. The standard InChI is InChI=1S/C29H29F9O5/c1-2-3-16-13-40-27(41-14-16)17-4-6-18(7-5-17)28(35,36)43-20-11-22(31)26(23(32)12-20)29(37,38)42-19-8-9-24(21(30)10-19)39-15-25(33)34/h8-12,15-18,27H,2-7,13-14H2,1H3. The molecule has 1 aliphatic carbocycles. The van der Waals surface area contributed by atoms with Crippen molar-refractivity contribution in [3.8, 4) is 17.2 Å². The van der Waals surface area contributed by atoms with Crippen LogP contribution in [0, 0.1) is 35.2 Å². The Morgan fingerprint density at radius 1 is 0.860 bits per heavy atom. The van der Waals surface area contributed by atoms with Crippen LogP contribution in [0.15, 0.2) is 42.7 Å². The normalized spacial score (nSPS) is 23.0. The molecular formula is C29H29F9O5. The average molecular weight is 629 g/mol. The van der Waals surface area contributed by atoms with Gasteiger partial charge in [0, 0.05) is 30.0 Å². The third kappa shape index (κ3) is 8.28. The molecule has 5 nitrogen and oxygen atoms in total. The van der Waals surface area contributed by atoms with Crippen molar-refractivity contribution in [3.63, 3.8) is 0 Å². The highest BCUT2D eigenvalue weighted by Crippen LogP contribution is 2.43. The molecule has 2 aromatic carbocycles. The molecule has 0 N–H and O–H groups in total. The van der Waals surface area contributed by atoms with Crippen LogP contribution in [0.25, 0.3) is 0 Å². The Bertz CT molecular complexity index is 1250. The summed E-state index contributed by atoms with van der Waals surface area (Å²) in [6, 6.07) is 1.99. The van der Waals surface area contributed by atoms with Crippen molar-refractivity contribution in [2.24, 2.45) is 17.8 Å². The van der Waals surface area contributed by atoms with E-state index in [-0.39, 0.29) is 37.2 Å². The van der Waals surface area contributed by atoms with Gasteiger partial charge in [0.2, 0.25) is 0 Å². The minimum absolute atomic E-state index is 0.00757. The first-order valence-corrected chi connectivity index (χ1v) is 13.6. The monoisotopic (exact) mass is 628 g/mol. The van der Waals surface area contributed by atoms with E-state index in [9.17, 15) is 39.5 Å². The highest BCUT2D eigenvalue weighted by atomic mass is 19.3. The van der Waals surface area contributed by atoms with E-state index in [1.165, 1.54) is 0 Å². The second-order valence-corrected chi connectivity index (χ2v) is 10.5. The van der Waals surface area contributed by atoms with Crippen molar-refractivity contribution in [2.75, 3.05) is 13.2 Å². The van der Waals surface area contributed by atoms with Gasteiger partial charge in [-0.1, -0.05) is 13.3 Å². The molecule has 2 aromatic rings. The lowest BCUT2D eigenvalue weighted by atomic mass is 9.80. The Hall–Kier alpha value is -3.13. The molecule has 238 valence electrons. The molecule has 0 atom stereocenters. The van der Waals surface area contributed by atoms with E-state index in [0.717, 1.165) is 12.8 Å². The molecular weight excluding hydrogens is 599 g/mol. The van der Waals surface area contributed by atoms with Crippen LogP contribution in [0.5, 0.6) is 17.2 Å². The number of ether oxygens (including phenoxy) is 5. The van der Waals surface area contributed by atoms with Crippen molar-refractivity contribution < 1.29 is 63.2 Å². The number of rotatable bonds is 11. The zero-order valence-corrected chi connectivity index (χ0v) is 22.9. The number of benzene rings is 2. The number of alkyl halides is 4. The molecule has 2 aliphatic rings. The van der Waals surface area contributed by atoms with Crippen molar-refractivity contribution in [1.29, 1.82) is 0 Å². The van der Waals surface area contributed by atoms with Gasteiger partial charge in [-0.3, -0.25) is 0 Å². The smallest absolute Gasteiger partial charge is 0.432 e. The van der Waals surface area contributed by atoms with E-state index in [4.69, 9.17) is 9.47 Å². The Balaban J connectivity index is 1.38. The summed E-state index contributed by atoms with van der Waals surface area (Å²) in [6.45, 7) is 3.13. The molecule has 0 amide bonds. The summed E-state index contributed by atoms with van der Waals surface area (Å²) < 4.78 is 152. The summed E-state index contributed by atoms with van der Waals surface area (Å²) in [6.07, 6.45) is -8.84. The van der Waals surface area contributed by atoms with E-state index >= 15 is 0 Å². The number of hydrogen-bond acceptors (Lipinski definition) is 5. The van der Waals surface area contributed by atoms with Crippen LogP contribution in [0.4, 0.5) is 39.5 Å². The second kappa shape index (κ2) is 13.7. The van der Waals surface area contributed by atoms with E-state index < -0.39 is 70.8 Å². The number of halogens is 9. The SMILES string of the molecule is CCCC1COC(C2CCC(C(F)(F)Oc3cc(F)c(C(F)(F)Oc4ccc(OC=C(F)F)c(F)c4)c(F)c3)CC2)OC1. The van der Waals surface area contributed by atoms with Gasteiger partial charge < -0.3 is 23.7 Å². The lowest BCUT2D eigenvalue weighted by Crippen LogP contribution is -2.42. The van der Waals surface area contributed by atoms with Crippen molar-refractivity contribution in [1.82, 2.24) is 0 Å². The lowest BCUT2D eigenvalue weighted by molar-refractivity contribution is -0.247. The van der Waals surface area contributed by atoms with Gasteiger partial charge in [-0.15, -0.1) is 0 Å². The average Bonchev–Trinajstić information content (AvgIpc) is 2.92. The fraction of sp³-hybridized carbons (Fsp3) is 0.517. The molecule has 1 saturated carbocycles. The van der Waals surface area contributed by atoms with Crippen LogP contribution >= 0.6 is 0 Å². The van der Waals surface area contributed by atoms with Crippen LogP contribution in [0.3, 0.4) is 0 Å². The zero-order chi connectivity index (χ0) is 31.4. The summed E-state index contributed by atoms with van der Waals surface area (Å²) >= 11 is 0. The summed E-state index contributed by atoms with van der Waals surface area (Å²) in [7, 11) is 0. The molecule has 1 aliphatic heterocycles. The van der Waals surface area contributed by atoms with Gasteiger partial charge >= 0.3 is 18.3 Å². The quantitative estimate of drug-likeness (QED) is 0.184. The molecule has 0 spiro atoms. The maximum atomic E-state index is 15.0. The Kier molecular flexibility index (Phi) is 10.4. The molecule has 0 bridgehead atoms. The predicted octanol–water partition coefficient (Wildman–Crippen LogP) is 8.92. The molecule has 0 unspecified atom stereocenters. The molecule has 2 fully saturated rings. The molecule has 0 radical (unpaired) electrons. The maximum Gasteiger partial charge on any atom is 0.432 e. The van der Waals surface area contributed by atoms with Gasteiger partial charge in [0.1, 0.15) is 28.7 Å². The summed E-state index contributed by atoms with van der Waals surface area (Å²) in [5, 5.41) is 0. The van der Waals surface area contributed by atoms with Crippen LogP contribution in [0.2, 0.25) is 0 Å². The van der Waals surface area contributed by atoms with Gasteiger partial charge in [-0.2, -0.15) is 26.3 Å². The Morgan fingerprint density at radius 3 is 2.02 bits per heavy atom. The van der Waals surface area contributed by atoms with Gasteiger partial charge in [-0.25, -0.2) is 13.2 Å². The Labute approximate surface area is 241 Å². The molecule has 43 heavy (non-hydrogen) atoms. The Morgan fingerprint density at radius 2 is 1.47 bits per heavy atom. The minimum atomic E-state index is -4.74. The van der Waals surface area contributed by atoms with E-state index in [0.29, 0.717) is 50.2 Å². The second-order valence-electron chi connectivity index (χ2n) is 10.5. The molecule has 0 aromatic heterocycles. The van der Waals surface area contributed by atoms with Crippen LogP contribution < -0.4 is 14.2 Å². The van der Waals surface area contributed by atoms with Gasteiger partial charge in [-0.05, 0) is 44.2 Å². The largest absolute Gasteiger partial charge is 0.456 e. The first-order chi connectivity index (χ1) is 20.3. The summed E-state index contributed by atoms with van der Waals surface area (Å²) in [4.78, 5) is 0. The van der Waals surface area contributed by atoms with E-state index in [2.05, 4.69) is 21.1 Å².